The first-order valence-electron chi connectivity index (χ1n) is 11.1. The van der Waals surface area contributed by atoms with Crippen molar-refractivity contribution in [3.8, 4) is 11.5 Å². The molecule has 0 heterocycles. The van der Waals surface area contributed by atoms with Gasteiger partial charge in [0.05, 0.1) is 53.8 Å². The van der Waals surface area contributed by atoms with Gasteiger partial charge in [0, 0.05) is 22.1 Å². The van der Waals surface area contributed by atoms with Gasteiger partial charge in [-0.15, -0.1) is 0 Å². The zero-order valence-electron chi connectivity index (χ0n) is 21.4. The summed E-state index contributed by atoms with van der Waals surface area (Å²) in [5.74, 6) is -2.42. The third-order valence-corrected chi connectivity index (χ3v) is 5.31. The molecule has 22 nitrogen and oxygen atoms in total. The molecule has 0 saturated carbocycles. The zero-order valence-corrected chi connectivity index (χ0v) is 21.4. The quantitative estimate of drug-likeness (QED) is 0.134. The van der Waals surface area contributed by atoms with E-state index in [4.69, 9.17) is 21.7 Å². The number of rotatable bonds is 6. The maximum atomic E-state index is 10.4. The maximum Gasteiger partial charge on any atom is 0.324 e. The second-order valence-corrected chi connectivity index (χ2v) is 8.00. The Labute approximate surface area is 240 Å². The Balaban J connectivity index is 0.000000232. The molecule has 0 amide bonds. The molecule has 0 aliphatic carbocycles. The number of fused-ring (bicyclic) bond motifs is 1. The molecule has 4 rings (SSSR count). The fraction of sp³-hybridized carbons (Fsp3) is 0. The Morgan fingerprint density at radius 2 is 0.705 bits per heavy atom. The zero-order chi connectivity index (χ0) is 33.5. The summed E-state index contributed by atoms with van der Waals surface area (Å²) in [6, 6.07) is 13.3. The van der Waals surface area contributed by atoms with Crippen LogP contribution in [0.25, 0.3) is 10.8 Å². The number of nitro groups is 6. The highest BCUT2D eigenvalue weighted by Crippen LogP contribution is 2.40. The van der Waals surface area contributed by atoms with E-state index in [-0.39, 0.29) is 0 Å². The summed E-state index contributed by atoms with van der Waals surface area (Å²) >= 11 is 0. The molecule has 228 valence electrons. The van der Waals surface area contributed by atoms with Crippen molar-refractivity contribution >= 4 is 56.3 Å². The minimum Gasteiger partial charge on any atom is -0.497 e. The summed E-state index contributed by atoms with van der Waals surface area (Å²) in [4.78, 5) is 55.5. The molecule has 4 aromatic rings. The van der Waals surface area contributed by atoms with Crippen molar-refractivity contribution in [1.82, 2.24) is 0 Å². The number of nitrogen functional groups attached to an aromatic ring is 2. The second kappa shape index (κ2) is 13.4. The molecule has 22 heteroatoms. The molecule has 4 aromatic carbocycles. The largest absolute Gasteiger partial charge is 0.497 e. The van der Waals surface area contributed by atoms with Crippen molar-refractivity contribution in [2.24, 2.45) is 0 Å². The van der Waals surface area contributed by atoms with E-state index < -0.39 is 75.2 Å². The van der Waals surface area contributed by atoms with Crippen LogP contribution >= 0.6 is 0 Å². The monoisotopic (exact) mass is 616 g/mol. The Hall–Kier alpha value is -7.26. The Kier molecular flexibility index (Phi) is 10.0. The Bertz CT molecular complexity index is 1640. The molecular weight excluding hydrogens is 600 g/mol. The third-order valence-electron chi connectivity index (χ3n) is 5.31. The fourth-order valence-electron chi connectivity index (χ4n) is 3.31. The number of benzene rings is 4. The lowest BCUT2D eigenvalue weighted by Gasteiger charge is -2.03. The van der Waals surface area contributed by atoms with Crippen LogP contribution in [0.1, 0.15) is 0 Å². The van der Waals surface area contributed by atoms with Gasteiger partial charge in [-0.25, -0.2) is 0 Å². The highest BCUT2D eigenvalue weighted by molar-refractivity contribution is 5.99. The molecule has 0 bridgehead atoms. The number of nitrogens with zero attached hydrogens (tertiary/aromatic N) is 6. The molecule has 0 fully saturated rings. The van der Waals surface area contributed by atoms with Crippen LogP contribution in [0.4, 0.5) is 45.5 Å². The normalized spacial score (nSPS) is 9.91. The molecule has 0 unspecified atom stereocenters. The molecule has 0 aromatic heterocycles. The van der Waals surface area contributed by atoms with Crippen LogP contribution in [-0.4, -0.2) is 39.8 Å². The summed E-state index contributed by atoms with van der Waals surface area (Å²) < 4.78 is 0. The van der Waals surface area contributed by atoms with Crippen molar-refractivity contribution in [3.05, 3.63) is 121 Å². The third kappa shape index (κ3) is 7.47. The van der Waals surface area contributed by atoms with Gasteiger partial charge in [-0.05, 0) is 12.1 Å². The first-order chi connectivity index (χ1) is 20.5. The van der Waals surface area contributed by atoms with Crippen LogP contribution in [0, 0.1) is 60.7 Å². The minimum absolute atomic E-state index is 0.447. The van der Waals surface area contributed by atoms with Gasteiger partial charge in [0.25, 0.3) is 22.9 Å². The van der Waals surface area contributed by atoms with Gasteiger partial charge in [0.2, 0.25) is 0 Å². The van der Waals surface area contributed by atoms with Gasteiger partial charge in [-0.2, -0.15) is 0 Å². The fourth-order valence-corrected chi connectivity index (χ4v) is 3.31. The van der Waals surface area contributed by atoms with Gasteiger partial charge in [0.1, 0.15) is 0 Å². The molecular formula is C22H16N8O14. The van der Waals surface area contributed by atoms with Crippen LogP contribution in [0.2, 0.25) is 0 Å². The number of nitro benzene ring substituents is 6. The summed E-state index contributed by atoms with van der Waals surface area (Å²) in [7, 11) is 0. The molecule has 0 spiro atoms. The van der Waals surface area contributed by atoms with E-state index in [1.54, 1.807) is 0 Å². The molecule has 0 aliphatic heterocycles. The first-order valence-corrected chi connectivity index (χ1v) is 11.1. The van der Waals surface area contributed by atoms with Crippen LogP contribution in [0.15, 0.2) is 60.7 Å². The lowest BCUT2D eigenvalue weighted by Crippen LogP contribution is -1.97. The number of hydrogen-bond donors (Lipinski definition) is 4. The van der Waals surface area contributed by atoms with Crippen LogP contribution < -0.4 is 11.5 Å². The number of phenolic OH excluding ortho intramolecular Hbond substituents is 2. The van der Waals surface area contributed by atoms with E-state index in [9.17, 15) is 60.7 Å². The van der Waals surface area contributed by atoms with E-state index in [0.717, 1.165) is 22.1 Å². The molecule has 0 atom stereocenters. The van der Waals surface area contributed by atoms with Crippen molar-refractivity contribution in [3.63, 3.8) is 0 Å². The molecule has 0 aliphatic rings. The van der Waals surface area contributed by atoms with Gasteiger partial charge >= 0.3 is 22.7 Å². The number of nitrogens with two attached hydrogens (primary N) is 2. The predicted molar refractivity (Wildman–Crippen MR) is 149 cm³/mol. The lowest BCUT2D eigenvalue weighted by molar-refractivity contribution is -0.404. The summed E-state index contributed by atoms with van der Waals surface area (Å²) in [5, 5.41) is 82.5. The summed E-state index contributed by atoms with van der Waals surface area (Å²) in [6.07, 6.45) is 0. The Morgan fingerprint density at radius 3 is 0.909 bits per heavy atom. The van der Waals surface area contributed by atoms with Crippen molar-refractivity contribution < 1.29 is 39.8 Å². The van der Waals surface area contributed by atoms with Crippen LogP contribution in [-0.2, 0) is 0 Å². The number of non-ortho nitro benzene ring substituents is 2. The second-order valence-electron chi connectivity index (χ2n) is 8.00. The number of hydrogen-bond acceptors (Lipinski definition) is 16. The molecule has 0 saturated heterocycles. The van der Waals surface area contributed by atoms with Gasteiger partial charge in [-0.1, -0.05) is 24.3 Å². The molecule has 0 radical (unpaired) electrons. The predicted octanol–water partition coefficient (Wildman–Crippen LogP) is 4.24. The average Bonchev–Trinajstić information content (AvgIpc) is 2.93. The first kappa shape index (κ1) is 32.9. The van der Waals surface area contributed by atoms with Crippen molar-refractivity contribution in [2.45, 2.75) is 0 Å². The van der Waals surface area contributed by atoms with Gasteiger partial charge in [-0.3, -0.25) is 60.7 Å². The highest BCUT2D eigenvalue weighted by atomic mass is 16.7. The highest BCUT2D eigenvalue weighted by Gasteiger charge is 2.31. The average molecular weight is 616 g/mol. The number of aromatic hydroxyl groups is 2. The summed E-state index contributed by atoms with van der Waals surface area (Å²) in [6.45, 7) is 0. The number of phenols is 2. The molecule has 44 heavy (non-hydrogen) atoms. The maximum absolute atomic E-state index is 10.4. The van der Waals surface area contributed by atoms with Crippen molar-refractivity contribution in [2.75, 3.05) is 11.5 Å². The topological polar surface area (TPSA) is 351 Å². The standard InChI is InChI=1S/C10H10N2.2C6H3N3O7/c11-9-5-1-3-7-8(9)4-2-6-10(7)12;2*10-6-4(8(13)14)1-3(7(11)12)2-5(6)9(15)16/h1-6H,11-12H2;2*1-2,10H. The Morgan fingerprint density at radius 1 is 0.455 bits per heavy atom. The van der Waals surface area contributed by atoms with E-state index in [1.165, 1.54) is 0 Å². The van der Waals surface area contributed by atoms with Crippen LogP contribution in [0.3, 0.4) is 0 Å². The minimum atomic E-state index is -1.21. The molecule has 6 N–H and O–H groups in total. The van der Waals surface area contributed by atoms with E-state index in [0.29, 0.717) is 24.3 Å². The van der Waals surface area contributed by atoms with E-state index in [1.807, 2.05) is 36.4 Å². The SMILES string of the molecule is Nc1cccc2c(N)cccc12.O=[N+]([O-])c1cc([N+](=O)[O-])c(O)c([N+](=O)[O-])c1.O=[N+]([O-])c1cc([N+](=O)[O-])c(O)c([N+](=O)[O-])c1. The summed E-state index contributed by atoms with van der Waals surface area (Å²) in [5.41, 5.74) is 7.09. The van der Waals surface area contributed by atoms with Gasteiger partial charge < -0.3 is 21.7 Å². The van der Waals surface area contributed by atoms with Gasteiger partial charge in [0.15, 0.2) is 0 Å². The number of anilines is 2. The van der Waals surface area contributed by atoms with Crippen molar-refractivity contribution in [1.29, 1.82) is 0 Å². The lowest BCUT2D eigenvalue weighted by atomic mass is 10.1. The van der Waals surface area contributed by atoms with Crippen LogP contribution in [0.5, 0.6) is 11.5 Å². The van der Waals surface area contributed by atoms with E-state index in [2.05, 4.69) is 0 Å². The van der Waals surface area contributed by atoms with E-state index >= 15 is 0 Å². The smallest absolute Gasteiger partial charge is 0.324 e.